The van der Waals surface area contributed by atoms with Gasteiger partial charge in [0, 0.05) is 18.1 Å². The monoisotopic (exact) mass is 182 g/mol. The van der Waals surface area contributed by atoms with Crippen LogP contribution in [0.25, 0.3) is 0 Å². The molecule has 0 bridgehead atoms. The van der Waals surface area contributed by atoms with E-state index < -0.39 is 0 Å². The molecule has 0 aliphatic carbocycles. The predicted octanol–water partition coefficient (Wildman–Crippen LogP) is 1.61. The topological polar surface area (TPSA) is 15.3 Å². The molecule has 2 saturated heterocycles. The van der Waals surface area contributed by atoms with Gasteiger partial charge in [0.25, 0.3) is 0 Å². The van der Waals surface area contributed by atoms with Gasteiger partial charge in [0.05, 0.1) is 0 Å². The lowest BCUT2D eigenvalue weighted by Gasteiger charge is -2.41. The van der Waals surface area contributed by atoms with Gasteiger partial charge in [0.15, 0.2) is 0 Å². The second kappa shape index (κ2) is 3.97. The molecule has 0 aromatic carbocycles. The maximum absolute atomic E-state index is 3.63. The van der Waals surface area contributed by atoms with Gasteiger partial charge in [-0.15, -0.1) is 0 Å². The van der Waals surface area contributed by atoms with Gasteiger partial charge >= 0.3 is 0 Å². The van der Waals surface area contributed by atoms with Crippen molar-refractivity contribution < 1.29 is 0 Å². The number of nitrogens with zero attached hydrogens (tertiary/aromatic N) is 1. The largest absolute Gasteiger partial charge is 0.312 e. The zero-order valence-corrected chi connectivity index (χ0v) is 8.92. The quantitative estimate of drug-likeness (QED) is 0.698. The summed E-state index contributed by atoms with van der Waals surface area (Å²) in [4.78, 5) is 2.73. The highest BCUT2D eigenvalue weighted by Crippen LogP contribution is 2.26. The summed E-state index contributed by atoms with van der Waals surface area (Å²) >= 11 is 0. The molecule has 2 nitrogen and oxygen atoms in total. The van der Waals surface area contributed by atoms with E-state index in [4.69, 9.17) is 0 Å². The molecule has 2 heterocycles. The van der Waals surface area contributed by atoms with E-state index in [9.17, 15) is 0 Å². The van der Waals surface area contributed by atoms with E-state index in [0.717, 1.165) is 18.1 Å². The highest BCUT2D eigenvalue weighted by Gasteiger charge is 2.36. The van der Waals surface area contributed by atoms with Crippen molar-refractivity contribution in [3.05, 3.63) is 0 Å². The van der Waals surface area contributed by atoms with Gasteiger partial charge in [-0.2, -0.15) is 0 Å². The average molecular weight is 182 g/mol. The standard InChI is InChI=1S/C11H22N2/c1-3-9(2)13-8-4-5-10-11(13)6-7-12-10/h9-12H,3-8H2,1-2H3/t9?,10-,11-/m1/s1. The lowest BCUT2D eigenvalue weighted by atomic mass is 9.95. The zero-order chi connectivity index (χ0) is 9.26. The molecule has 2 heteroatoms. The fourth-order valence-corrected chi connectivity index (χ4v) is 2.89. The number of hydrogen-bond acceptors (Lipinski definition) is 2. The van der Waals surface area contributed by atoms with E-state index in [2.05, 4.69) is 24.1 Å². The molecular weight excluding hydrogens is 160 g/mol. The summed E-state index contributed by atoms with van der Waals surface area (Å²) in [6.07, 6.45) is 5.45. The van der Waals surface area contributed by atoms with Gasteiger partial charge in [-0.25, -0.2) is 0 Å². The van der Waals surface area contributed by atoms with E-state index in [1.165, 1.54) is 38.8 Å². The van der Waals surface area contributed by atoms with Crippen LogP contribution in [0.15, 0.2) is 0 Å². The highest BCUT2D eigenvalue weighted by atomic mass is 15.2. The number of rotatable bonds is 2. The molecule has 0 amide bonds. The summed E-state index contributed by atoms with van der Waals surface area (Å²) in [5.41, 5.74) is 0. The second-order valence-corrected chi connectivity index (χ2v) is 4.55. The van der Waals surface area contributed by atoms with E-state index in [0.29, 0.717) is 0 Å². The Bertz CT molecular complexity index is 169. The third-order valence-corrected chi connectivity index (χ3v) is 3.83. The lowest BCUT2D eigenvalue weighted by Crippen LogP contribution is -2.51. The van der Waals surface area contributed by atoms with Crippen molar-refractivity contribution in [3.63, 3.8) is 0 Å². The molecule has 0 saturated carbocycles. The first kappa shape index (κ1) is 9.47. The van der Waals surface area contributed by atoms with Gasteiger partial charge in [0.2, 0.25) is 0 Å². The summed E-state index contributed by atoms with van der Waals surface area (Å²) in [7, 11) is 0. The maximum Gasteiger partial charge on any atom is 0.0264 e. The van der Waals surface area contributed by atoms with Crippen LogP contribution in [-0.4, -0.2) is 36.1 Å². The normalized spacial score (nSPS) is 37.4. The average Bonchev–Trinajstić information content (AvgIpc) is 2.63. The smallest absolute Gasteiger partial charge is 0.0264 e. The Morgan fingerprint density at radius 2 is 2.31 bits per heavy atom. The van der Waals surface area contributed by atoms with Crippen LogP contribution >= 0.6 is 0 Å². The summed E-state index contributed by atoms with van der Waals surface area (Å²) in [6.45, 7) is 7.25. The van der Waals surface area contributed by atoms with E-state index in [1.807, 2.05) is 0 Å². The number of hydrogen-bond donors (Lipinski definition) is 1. The molecule has 0 spiro atoms. The Balaban J connectivity index is 2.01. The zero-order valence-electron chi connectivity index (χ0n) is 8.92. The summed E-state index contributed by atoms with van der Waals surface area (Å²) in [5.74, 6) is 0. The van der Waals surface area contributed by atoms with Crippen LogP contribution in [0, 0.1) is 0 Å². The minimum absolute atomic E-state index is 0.785. The minimum atomic E-state index is 0.785. The molecule has 76 valence electrons. The summed E-state index contributed by atoms with van der Waals surface area (Å²) < 4.78 is 0. The van der Waals surface area contributed by atoms with Crippen LogP contribution in [0.4, 0.5) is 0 Å². The molecule has 2 aliphatic rings. The second-order valence-electron chi connectivity index (χ2n) is 4.55. The summed E-state index contributed by atoms with van der Waals surface area (Å²) in [5, 5.41) is 3.63. The SMILES string of the molecule is CCC(C)N1CCC[C@H]2NCC[C@H]21. The minimum Gasteiger partial charge on any atom is -0.312 e. The van der Waals surface area contributed by atoms with Crippen molar-refractivity contribution in [2.45, 2.75) is 57.7 Å². The van der Waals surface area contributed by atoms with Gasteiger partial charge in [-0.1, -0.05) is 6.92 Å². The molecule has 2 rings (SSSR count). The van der Waals surface area contributed by atoms with Crippen molar-refractivity contribution >= 4 is 0 Å². The third-order valence-electron chi connectivity index (χ3n) is 3.83. The number of fused-ring (bicyclic) bond motifs is 1. The Morgan fingerprint density at radius 1 is 1.46 bits per heavy atom. The van der Waals surface area contributed by atoms with E-state index in [-0.39, 0.29) is 0 Å². The van der Waals surface area contributed by atoms with E-state index >= 15 is 0 Å². The molecule has 0 radical (unpaired) electrons. The van der Waals surface area contributed by atoms with Crippen molar-refractivity contribution in [1.82, 2.24) is 10.2 Å². The molecular formula is C11H22N2. The number of piperidine rings is 1. The van der Waals surface area contributed by atoms with Crippen LogP contribution in [0.5, 0.6) is 0 Å². The fraction of sp³-hybridized carbons (Fsp3) is 1.00. The maximum atomic E-state index is 3.63. The van der Waals surface area contributed by atoms with Crippen LogP contribution < -0.4 is 5.32 Å². The van der Waals surface area contributed by atoms with Crippen molar-refractivity contribution in [1.29, 1.82) is 0 Å². The molecule has 1 N–H and O–H groups in total. The first-order chi connectivity index (χ1) is 6.33. The molecule has 0 aromatic heterocycles. The Morgan fingerprint density at radius 3 is 3.08 bits per heavy atom. The van der Waals surface area contributed by atoms with Crippen molar-refractivity contribution in [2.24, 2.45) is 0 Å². The molecule has 2 aliphatic heterocycles. The molecule has 3 atom stereocenters. The Hall–Kier alpha value is -0.0800. The predicted molar refractivity (Wildman–Crippen MR) is 55.9 cm³/mol. The van der Waals surface area contributed by atoms with Crippen molar-refractivity contribution in [2.75, 3.05) is 13.1 Å². The Kier molecular flexibility index (Phi) is 2.89. The highest BCUT2D eigenvalue weighted by molar-refractivity contribution is 4.95. The number of likely N-dealkylation sites (tertiary alicyclic amines) is 1. The van der Waals surface area contributed by atoms with Crippen molar-refractivity contribution in [3.8, 4) is 0 Å². The third kappa shape index (κ3) is 1.75. The molecule has 0 aromatic rings. The molecule has 2 fully saturated rings. The van der Waals surface area contributed by atoms with E-state index in [1.54, 1.807) is 0 Å². The van der Waals surface area contributed by atoms with Crippen LogP contribution in [0.1, 0.15) is 39.5 Å². The van der Waals surface area contributed by atoms with Gasteiger partial charge in [-0.3, -0.25) is 4.90 Å². The molecule has 1 unspecified atom stereocenters. The summed E-state index contributed by atoms with van der Waals surface area (Å²) in [6, 6.07) is 2.44. The fourth-order valence-electron chi connectivity index (χ4n) is 2.89. The van der Waals surface area contributed by atoms with Gasteiger partial charge < -0.3 is 5.32 Å². The van der Waals surface area contributed by atoms with Gasteiger partial charge in [0.1, 0.15) is 0 Å². The van der Waals surface area contributed by atoms with Crippen LogP contribution in [0.2, 0.25) is 0 Å². The lowest BCUT2D eigenvalue weighted by molar-refractivity contribution is 0.0939. The van der Waals surface area contributed by atoms with Crippen LogP contribution in [-0.2, 0) is 0 Å². The first-order valence-corrected chi connectivity index (χ1v) is 5.82. The van der Waals surface area contributed by atoms with Gasteiger partial charge in [-0.05, 0) is 45.7 Å². The Labute approximate surface area is 81.7 Å². The van der Waals surface area contributed by atoms with Crippen LogP contribution in [0.3, 0.4) is 0 Å². The molecule has 13 heavy (non-hydrogen) atoms. The number of nitrogens with one attached hydrogen (secondary N) is 1. The first-order valence-electron chi connectivity index (χ1n) is 5.82.